The molecule has 0 aromatic heterocycles. The largest absolute Gasteiger partial charge is 0.477 e. The Morgan fingerprint density at radius 2 is 1.13 bits per heavy atom. The monoisotopic (exact) mass is 1040 g/mol. The van der Waals surface area contributed by atoms with Crippen molar-refractivity contribution in [2.24, 2.45) is 0 Å². The summed E-state index contributed by atoms with van der Waals surface area (Å²) < 4.78 is 45.8. The Kier molecular flexibility index (Phi) is 22.5. The fourth-order valence-corrected chi connectivity index (χ4v) is 8.54. The van der Waals surface area contributed by atoms with Crippen molar-refractivity contribution in [1.82, 2.24) is 16.0 Å². The lowest BCUT2D eigenvalue weighted by Gasteiger charge is -2.51. The molecule has 0 bridgehead atoms. The topological polar surface area (TPSA) is 522 Å². The first-order valence-electron chi connectivity index (χ1n) is 22.1. The maximum atomic E-state index is 13.0. The Morgan fingerprint density at radius 1 is 0.606 bits per heavy atom. The summed E-state index contributed by atoms with van der Waals surface area (Å²) in [6, 6.07) is -5.05. The number of carbonyl (C=O) groups is 4. The summed E-state index contributed by atoms with van der Waals surface area (Å²) in [5, 5.41) is 187. The van der Waals surface area contributed by atoms with Crippen molar-refractivity contribution in [1.29, 1.82) is 0 Å². The van der Waals surface area contributed by atoms with E-state index in [9.17, 15) is 106 Å². The zero-order chi connectivity index (χ0) is 53.4. The maximum absolute atomic E-state index is 13.0. The van der Waals surface area contributed by atoms with Gasteiger partial charge in [0.05, 0.1) is 57.8 Å². The lowest BCUT2D eigenvalue weighted by Crippen LogP contribution is -2.71. The first kappa shape index (κ1) is 60.5. The van der Waals surface area contributed by atoms with E-state index < -0.39 is 222 Å². The summed E-state index contributed by atoms with van der Waals surface area (Å²) in [4.78, 5) is 49.6. The van der Waals surface area contributed by atoms with Crippen molar-refractivity contribution in [2.45, 2.75) is 180 Å². The van der Waals surface area contributed by atoms with Crippen LogP contribution in [-0.2, 0) is 57.1 Å². The third kappa shape index (κ3) is 14.0. The van der Waals surface area contributed by atoms with Crippen LogP contribution in [0.25, 0.3) is 0 Å². The number of nitrogens with one attached hydrogen (secondary N) is 3. The summed E-state index contributed by atoms with van der Waals surface area (Å²) in [5.74, 6) is -7.78. The smallest absolute Gasteiger partial charge is 0.364 e. The summed E-state index contributed by atoms with van der Waals surface area (Å²) in [6.45, 7) is -3.45. The number of hydrogen-bond acceptors (Lipinski definition) is 28. The SMILES string of the molecule is CC(=O)N[C@H]1[C@@H](O[C@@H]2[C@H](O)[C@@H](O)[C@H](O[C@@H]([C@@H](O)[C@H](O)CO)[C@H](CO)NC(C)=O)O[C@@H]2CO)O[C@H](CO)[C@H](O)[C@@H]1O[C@@H]1O[C@H](CO)[C@H](O)[C@H](O[C@]2(C(=O)O)C[C@H](O)[C@@H](NC(C)=O)[C@H]([C@H](O)[C@H](O)CO)O2)[C@H]1O. The first-order valence-corrected chi connectivity index (χ1v) is 22.1. The van der Waals surface area contributed by atoms with Crippen LogP contribution < -0.4 is 16.0 Å². The molecule has 412 valence electrons. The highest BCUT2D eigenvalue weighted by atomic mass is 16.8. The minimum absolute atomic E-state index is 0.763. The predicted octanol–water partition coefficient (Wildman–Crippen LogP) is -12.7. The Hall–Kier alpha value is -3.08. The van der Waals surface area contributed by atoms with Crippen LogP contribution in [0.5, 0.6) is 0 Å². The number of aliphatic carboxylic acids is 1. The molecule has 4 aliphatic heterocycles. The van der Waals surface area contributed by atoms with E-state index in [1.807, 2.05) is 0 Å². The zero-order valence-corrected chi connectivity index (χ0v) is 38.3. The number of carboxylic acids is 1. The molecule has 0 aliphatic carbocycles. The normalized spacial score (nSPS) is 40.3. The Balaban J connectivity index is 1.67. The van der Waals surface area contributed by atoms with Gasteiger partial charge in [0.1, 0.15) is 110 Å². The van der Waals surface area contributed by atoms with Crippen molar-refractivity contribution in [3.8, 4) is 0 Å². The Labute approximate surface area is 402 Å². The quantitative estimate of drug-likeness (QED) is 0.0452. The second kappa shape index (κ2) is 26.4. The number of amides is 3. The molecule has 0 spiro atoms. The van der Waals surface area contributed by atoms with Gasteiger partial charge in [-0.25, -0.2) is 4.79 Å². The summed E-state index contributed by atoms with van der Waals surface area (Å²) in [6.07, 6.45) is -44.6. The first-order chi connectivity index (χ1) is 33.3. The van der Waals surface area contributed by atoms with Gasteiger partial charge in [0.25, 0.3) is 5.79 Å². The Morgan fingerprint density at radius 3 is 1.63 bits per heavy atom. The molecule has 25 atom stereocenters. The average Bonchev–Trinajstić information content (AvgIpc) is 3.32. The van der Waals surface area contributed by atoms with E-state index in [0.29, 0.717) is 0 Å². The van der Waals surface area contributed by atoms with Crippen molar-refractivity contribution in [3.05, 3.63) is 0 Å². The standard InChI is InChI=1S/C39H67N3O29/c1-11(49)40-14(5-43)30(23(55)16(53)6-44)67-36-28(60)27(59)31(20(10-48)66-36)68-35-22(42-13(3)51)32(25(57)18(8-46)64-35)69-37-29(61)34(26(58)19(9-47)65-37)71-39(38(62)63)4-15(52)21(41-12(2)50)33(70-39)24(56)17(54)7-45/h14-37,43-48,52-61H,4-10H2,1-3H3,(H,40,49)(H,41,50)(H,42,51)(H,62,63)/t14-,15-,16+,17+,18+,19+,20+,21+,22+,23-,24+,25-,26-,27+,28+,29+,30+,31-,32+,33+,34-,35+,36-,37-,39-/m0/s1. The molecule has 0 saturated carbocycles. The van der Waals surface area contributed by atoms with Gasteiger partial charge < -0.3 is 141 Å². The molecule has 0 unspecified atom stereocenters. The van der Waals surface area contributed by atoms with Crippen LogP contribution in [0.3, 0.4) is 0 Å². The molecular weight excluding hydrogens is 974 g/mol. The third-order valence-corrected chi connectivity index (χ3v) is 12.2. The molecule has 20 N–H and O–H groups in total. The summed E-state index contributed by atoms with van der Waals surface area (Å²) >= 11 is 0. The van der Waals surface area contributed by atoms with Crippen LogP contribution in [0.4, 0.5) is 0 Å². The third-order valence-electron chi connectivity index (χ3n) is 12.2. The lowest BCUT2D eigenvalue weighted by molar-refractivity contribution is -0.386. The highest BCUT2D eigenvalue weighted by molar-refractivity contribution is 5.77. The molecule has 4 heterocycles. The predicted molar refractivity (Wildman–Crippen MR) is 221 cm³/mol. The number of rotatable bonds is 23. The summed E-state index contributed by atoms with van der Waals surface area (Å²) in [5.41, 5.74) is 0. The molecule has 4 aliphatic rings. The minimum atomic E-state index is -3.20. The van der Waals surface area contributed by atoms with Gasteiger partial charge in [-0.2, -0.15) is 0 Å². The van der Waals surface area contributed by atoms with Crippen molar-refractivity contribution < 1.29 is 144 Å². The molecule has 4 saturated heterocycles. The van der Waals surface area contributed by atoms with Gasteiger partial charge in [0.15, 0.2) is 18.9 Å². The van der Waals surface area contributed by atoms with Crippen molar-refractivity contribution in [3.63, 3.8) is 0 Å². The molecule has 0 radical (unpaired) electrons. The molecule has 0 aromatic rings. The van der Waals surface area contributed by atoms with Gasteiger partial charge in [-0.1, -0.05) is 0 Å². The number of ether oxygens (including phenoxy) is 8. The molecule has 32 nitrogen and oxygen atoms in total. The van der Waals surface area contributed by atoms with Crippen LogP contribution in [0.2, 0.25) is 0 Å². The number of hydrogen-bond donors (Lipinski definition) is 20. The van der Waals surface area contributed by atoms with Crippen molar-refractivity contribution in [2.75, 3.05) is 39.6 Å². The van der Waals surface area contributed by atoms with Crippen LogP contribution in [0, 0.1) is 0 Å². The van der Waals surface area contributed by atoms with E-state index >= 15 is 0 Å². The molecule has 32 heteroatoms. The average molecular weight is 1040 g/mol. The highest BCUT2D eigenvalue weighted by Gasteiger charge is 2.61. The van der Waals surface area contributed by atoms with Crippen LogP contribution in [0.1, 0.15) is 27.2 Å². The van der Waals surface area contributed by atoms with Crippen LogP contribution in [0.15, 0.2) is 0 Å². The van der Waals surface area contributed by atoms with E-state index in [2.05, 4.69) is 16.0 Å². The zero-order valence-electron chi connectivity index (χ0n) is 38.3. The number of carbonyl (C=O) groups excluding carboxylic acids is 3. The molecule has 4 rings (SSSR count). The van der Waals surface area contributed by atoms with E-state index in [4.69, 9.17) is 37.9 Å². The van der Waals surface area contributed by atoms with E-state index in [-0.39, 0.29) is 0 Å². The van der Waals surface area contributed by atoms with E-state index in [1.165, 1.54) is 0 Å². The molecule has 3 amide bonds. The van der Waals surface area contributed by atoms with Gasteiger partial charge in [-0.05, 0) is 0 Å². The molecule has 0 aromatic carbocycles. The molecular formula is C39H67N3O29. The van der Waals surface area contributed by atoms with Gasteiger partial charge in [0, 0.05) is 27.2 Å². The lowest BCUT2D eigenvalue weighted by atomic mass is 9.88. The molecule has 4 fully saturated rings. The second-order valence-corrected chi connectivity index (χ2v) is 17.3. The van der Waals surface area contributed by atoms with Gasteiger partial charge in [0.2, 0.25) is 17.7 Å². The number of aliphatic hydroxyl groups is 16. The summed E-state index contributed by atoms with van der Waals surface area (Å²) in [7, 11) is 0. The fraction of sp³-hybridized carbons (Fsp3) is 0.897. The minimum Gasteiger partial charge on any atom is -0.477 e. The van der Waals surface area contributed by atoms with E-state index in [1.54, 1.807) is 0 Å². The number of carboxylic acid groups (broad SMARTS) is 1. The number of aliphatic hydroxyl groups excluding tert-OH is 16. The second-order valence-electron chi connectivity index (χ2n) is 17.3. The maximum Gasteiger partial charge on any atom is 0.364 e. The van der Waals surface area contributed by atoms with Gasteiger partial charge in [-0.3, -0.25) is 14.4 Å². The Bertz CT molecular complexity index is 1720. The van der Waals surface area contributed by atoms with Crippen LogP contribution in [-0.4, -0.2) is 303 Å². The highest BCUT2D eigenvalue weighted by Crippen LogP contribution is 2.39. The molecule has 71 heavy (non-hydrogen) atoms. The van der Waals surface area contributed by atoms with Crippen LogP contribution >= 0.6 is 0 Å². The van der Waals surface area contributed by atoms with E-state index in [0.717, 1.165) is 20.8 Å². The van der Waals surface area contributed by atoms with Gasteiger partial charge >= 0.3 is 5.97 Å². The van der Waals surface area contributed by atoms with Crippen molar-refractivity contribution >= 4 is 23.7 Å². The fourth-order valence-electron chi connectivity index (χ4n) is 8.54. The van der Waals surface area contributed by atoms with Gasteiger partial charge in [-0.15, -0.1) is 0 Å².